The van der Waals surface area contributed by atoms with E-state index in [0.29, 0.717) is 29.8 Å². The molecule has 0 bridgehead atoms. The molecular formula is C27H29N5O5. The molecule has 10 nitrogen and oxygen atoms in total. The molecular weight excluding hydrogens is 474 g/mol. The molecule has 0 aliphatic carbocycles. The second-order valence-electron chi connectivity index (χ2n) is 9.77. The summed E-state index contributed by atoms with van der Waals surface area (Å²) < 4.78 is 16.1. The number of fused-ring (bicyclic) bond motifs is 2. The Kier molecular flexibility index (Phi) is 6.56. The Morgan fingerprint density at radius 2 is 1.92 bits per heavy atom. The monoisotopic (exact) mass is 503 g/mol. The summed E-state index contributed by atoms with van der Waals surface area (Å²) in [7, 11) is 0. The molecule has 0 spiro atoms. The van der Waals surface area contributed by atoms with E-state index in [1.54, 1.807) is 20.8 Å². The van der Waals surface area contributed by atoms with E-state index in [1.165, 1.54) is 11.8 Å². The highest BCUT2D eigenvalue weighted by atomic mass is 16.7. The number of hydrogen-bond donors (Lipinski definition) is 2. The summed E-state index contributed by atoms with van der Waals surface area (Å²) in [6.07, 6.45) is 2.37. The van der Waals surface area contributed by atoms with Gasteiger partial charge >= 0.3 is 5.97 Å². The maximum atomic E-state index is 13.0. The number of carbonyl (C=O) groups excluding carboxylic acids is 2. The first-order valence-corrected chi connectivity index (χ1v) is 12.1. The molecule has 37 heavy (non-hydrogen) atoms. The molecule has 2 aliphatic rings. The van der Waals surface area contributed by atoms with Gasteiger partial charge in [-0.05, 0) is 56.5 Å². The summed E-state index contributed by atoms with van der Waals surface area (Å²) in [5.41, 5.74) is 2.78. The third-order valence-electron chi connectivity index (χ3n) is 5.86. The van der Waals surface area contributed by atoms with Gasteiger partial charge in [-0.3, -0.25) is 9.59 Å². The van der Waals surface area contributed by atoms with Gasteiger partial charge in [0.05, 0.1) is 0 Å². The summed E-state index contributed by atoms with van der Waals surface area (Å²) >= 11 is 0. The largest absolute Gasteiger partial charge is 0.459 e. The van der Waals surface area contributed by atoms with Crippen molar-refractivity contribution in [1.82, 2.24) is 15.3 Å². The van der Waals surface area contributed by atoms with Crippen molar-refractivity contribution in [1.29, 1.82) is 0 Å². The van der Waals surface area contributed by atoms with E-state index in [2.05, 4.69) is 21.7 Å². The summed E-state index contributed by atoms with van der Waals surface area (Å²) in [4.78, 5) is 36.4. The molecule has 5 rings (SSSR count). The van der Waals surface area contributed by atoms with E-state index < -0.39 is 17.5 Å². The Bertz CT molecular complexity index is 1340. The fraction of sp³-hybridized carbons (Fsp3) is 0.333. The molecule has 1 aromatic heterocycles. The van der Waals surface area contributed by atoms with Crippen molar-refractivity contribution in [2.24, 2.45) is 0 Å². The molecule has 2 aliphatic heterocycles. The topological polar surface area (TPSA) is 115 Å². The average Bonchev–Trinajstić information content (AvgIpc) is 3.51. The molecule has 0 atom stereocenters. The molecule has 0 saturated heterocycles. The van der Waals surface area contributed by atoms with Crippen LogP contribution in [0, 0.1) is 0 Å². The van der Waals surface area contributed by atoms with Crippen LogP contribution in [0.15, 0.2) is 48.7 Å². The summed E-state index contributed by atoms with van der Waals surface area (Å²) in [5, 5.41) is 5.88. The van der Waals surface area contributed by atoms with Crippen LogP contribution in [-0.2, 0) is 22.5 Å². The van der Waals surface area contributed by atoms with Crippen LogP contribution in [0.2, 0.25) is 0 Å². The van der Waals surface area contributed by atoms with Gasteiger partial charge in [-0.1, -0.05) is 24.3 Å². The van der Waals surface area contributed by atoms with Crippen LogP contribution in [-0.4, -0.2) is 47.3 Å². The average molecular weight is 504 g/mol. The third-order valence-corrected chi connectivity index (χ3v) is 5.86. The van der Waals surface area contributed by atoms with Gasteiger partial charge in [0.1, 0.15) is 23.5 Å². The van der Waals surface area contributed by atoms with Crippen molar-refractivity contribution in [3.05, 3.63) is 65.4 Å². The predicted molar refractivity (Wildman–Crippen MR) is 137 cm³/mol. The number of esters is 1. The SMILES string of the molecule is CC(C)(C)OC(=O)CNC(=O)c1cnc(N2CCc3ccccc32)nc1NCc1ccc2c(c1)OCO2. The summed E-state index contributed by atoms with van der Waals surface area (Å²) in [6, 6.07) is 13.8. The number of rotatable bonds is 7. The molecule has 0 unspecified atom stereocenters. The van der Waals surface area contributed by atoms with Gasteiger partial charge < -0.3 is 29.7 Å². The highest BCUT2D eigenvalue weighted by molar-refractivity contribution is 6.00. The summed E-state index contributed by atoms with van der Waals surface area (Å²) in [6.45, 7) is 6.37. The number of aromatic nitrogens is 2. The zero-order chi connectivity index (χ0) is 26.0. The number of para-hydroxylation sites is 1. The number of anilines is 3. The van der Waals surface area contributed by atoms with Gasteiger partial charge in [0.2, 0.25) is 12.7 Å². The zero-order valence-electron chi connectivity index (χ0n) is 21.0. The fourth-order valence-electron chi connectivity index (χ4n) is 4.21. The lowest BCUT2D eigenvalue weighted by Crippen LogP contribution is -2.35. The van der Waals surface area contributed by atoms with Crippen molar-refractivity contribution in [2.75, 3.05) is 30.1 Å². The molecule has 0 saturated carbocycles. The van der Waals surface area contributed by atoms with Gasteiger partial charge in [-0.2, -0.15) is 4.98 Å². The first-order chi connectivity index (χ1) is 17.8. The second-order valence-corrected chi connectivity index (χ2v) is 9.77. The minimum atomic E-state index is -0.643. The molecule has 0 radical (unpaired) electrons. The van der Waals surface area contributed by atoms with E-state index in [-0.39, 0.29) is 18.9 Å². The van der Waals surface area contributed by atoms with Crippen molar-refractivity contribution in [3.63, 3.8) is 0 Å². The lowest BCUT2D eigenvalue weighted by Gasteiger charge is -2.20. The number of ether oxygens (including phenoxy) is 3. The highest BCUT2D eigenvalue weighted by Crippen LogP contribution is 2.34. The lowest BCUT2D eigenvalue weighted by atomic mass is 10.2. The number of amides is 1. The van der Waals surface area contributed by atoms with E-state index in [1.807, 2.05) is 41.3 Å². The summed E-state index contributed by atoms with van der Waals surface area (Å²) in [5.74, 6) is 1.21. The highest BCUT2D eigenvalue weighted by Gasteiger charge is 2.25. The smallest absolute Gasteiger partial charge is 0.325 e. The zero-order valence-corrected chi connectivity index (χ0v) is 21.0. The number of carbonyl (C=O) groups is 2. The number of nitrogens with one attached hydrogen (secondary N) is 2. The predicted octanol–water partition coefficient (Wildman–Crippen LogP) is 3.58. The van der Waals surface area contributed by atoms with Crippen LogP contribution in [0.4, 0.5) is 17.5 Å². The van der Waals surface area contributed by atoms with Gasteiger partial charge in [0, 0.05) is 25.0 Å². The van der Waals surface area contributed by atoms with Crippen LogP contribution in [0.3, 0.4) is 0 Å². The van der Waals surface area contributed by atoms with Gasteiger partial charge in [-0.25, -0.2) is 4.98 Å². The second kappa shape index (κ2) is 9.96. The quantitative estimate of drug-likeness (QED) is 0.467. The molecule has 10 heteroatoms. The van der Waals surface area contributed by atoms with Crippen LogP contribution >= 0.6 is 0 Å². The standard InChI is InChI=1S/C27H29N5O5/c1-27(2,3)37-23(33)15-29-25(34)19-14-30-26(32-11-10-18-6-4-5-7-20(18)32)31-24(19)28-13-17-8-9-21-22(12-17)36-16-35-21/h4-9,12,14H,10-11,13,15-16H2,1-3H3,(H,29,34)(H,28,30,31). The van der Waals surface area contributed by atoms with Crippen LogP contribution in [0.25, 0.3) is 0 Å². The van der Waals surface area contributed by atoms with Crippen molar-refractivity contribution >= 4 is 29.3 Å². The number of nitrogens with zero attached hydrogens (tertiary/aromatic N) is 3. The first kappa shape index (κ1) is 24.4. The van der Waals surface area contributed by atoms with E-state index in [4.69, 9.17) is 19.2 Å². The Hall–Kier alpha value is -4.34. The van der Waals surface area contributed by atoms with Crippen molar-refractivity contribution in [3.8, 4) is 11.5 Å². The normalized spacial score (nSPS) is 13.8. The lowest BCUT2D eigenvalue weighted by molar-refractivity contribution is -0.153. The van der Waals surface area contributed by atoms with E-state index in [0.717, 1.165) is 24.2 Å². The number of benzene rings is 2. The van der Waals surface area contributed by atoms with Gasteiger partial charge in [0.25, 0.3) is 5.91 Å². The van der Waals surface area contributed by atoms with E-state index in [9.17, 15) is 9.59 Å². The Labute approximate surface area is 215 Å². The van der Waals surface area contributed by atoms with Crippen LogP contribution in [0.5, 0.6) is 11.5 Å². The number of hydrogen-bond acceptors (Lipinski definition) is 9. The third kappa shape index (κ3) is 5.58. The van der Waals surface area contributed by atoms with Crippen LogP contribution < -0.4 is 25.0 Å². The van der Waals surface area contributed by atoms with Crippen molar-refractivity contribution in [2.45, 2.75) is 39.3 Å². The Morgan fingerprint density at radius 3 is 2.76 bits per heavy atom. The van der Waals surface area contributed by atoms with Crippen molar-refractivity contribution < 1.29 is 23.8 Å². The van der Waals surface area contributed by atoms with Crippen LogP contribution in [0.1, 0.15) is 42.3 Å². The minimum absolute atomic E-state index is 0.195. The molecule has 3 aromatic rings. The van der Waals surface area contributed by atoms with Gasteiger partial charge in [-0.15, -0.1) is 0 Å². The minimum Gasteiger partial charge on any atom is -0.459 e. The maximum absolute atomic E-state index is 13.0. The first-order valence-electron chi connectivity index (χ1n) is 12.1. The molecule has 2 aromatic carbocycles. The van der Waals surface area contributed by atoms with Gasteiger partial charge in [0.15, 0.2) is 11.5 Å². The molecule has 3 heterocycles. The van der Waals surface area contributed by atoms with E-state index >= 15 is 0 Å². The Morgan fingerprint density at radius 1 is 1.11 bits per heavy atom. The molecule has 1 amide bonds. The molecule has 0 fully saturated rings. The fourth-order valence-corrected chi connectivity index (χ4v) is 4.21. The Balaban J connectivity index is 1.38. The molecule has 192 valence electrons. The maximum Gasteiger partial charge on any atom is 0.325 e. The molecule has 2 N–H and O–H groups in total.